The Morgan fingerprint density at radius 1 is 0.963 bits per heavy atom. The molecule has 0 unspecified atom stereocenters. The van der Waals surface area contributed by atoms with E-state index in [1.807, 2.05) is 24.3 Å². The van der Waals surface area contributed by atoms with Crippen molar-refractivity contribution in [3.8, 4) is 28.8 Å². The number of nitrogens with zero attached hydrogens (tertiary/aromatic N) is 5. The van der Waals surface area contributed by atoms with Crippen LogP contribution >= 0.6 is 0 Å². The molecule has 0 aliphatic carbocycles. The molecule has 0 aliphatic heterocycles. The van der Waals surface area contributed by atoms with Crippen LogP contribution in [0, 0.1) is 10.1 Å². The fourth-order valence-corrected chi connectivity index (χ4v) is 2.63. The molecular formula is C18H13N5O4. The zero-order chi connectivity index (χ0) is 18.8. The van der Waals surface area contributed by atoms with Gasteiger partial charge in [-0.25, -0.2) is 0 Å². The van der Waals surface area contributed by atoms with Crippen LogP contribution in [0.3, 0.4) is 0 Å². The Bertz CT molecular complexity index is 1140. The summed E-state index contributed by atoms with van der Waals surface area (Å²) in [5, 5.41) is 23.8. The highest BCUT2D eigenvalue weighted by atomic mass is 16.6. The molecule has 0 bridgehead atoms. The number of hydrogen-bond acceptors (Lipinski definition) is 7. The number of hydrogen-bond donors (Lipinski definition) is 0. The number of ether oxygens (including phenoxy) is 2. The lowest BCUT2D eigenvalue weighted by molar-refractivity contribution is -0.385. The first-order chi connectivity index (χ1) is 13.2. The number of aromatic nitrogens is 4. The highest BCUT2D eigenvalue weighted by molar-refractivity contribution is 5.66. The molecule has 2 aromatic carbocycles. The van der Waals surface area contributed by atoms with Gasteiger partial charge >= 0.3 is 5.69 Å². The predicted molar refractivity (Wildman–Crippen MR) is 95.9 cm³/mol. The van der Waals surface area contributed by atoms with Crippen LogP contribution < -0.4 is 9.47 Å². The third-order valence-electron chi connectivity index (χ3n) is 3.86. The van der Waals surface area contributed by atoms with Crippen molar-refractivity contribution in [1.29, 1.82) is 0 Å². The first-order valence-corrected chi connectivity index (χ1v) is 7.94. The van der Waals surface area contributed by atoms with Gasteiger partial charge in [0.2, 0.25) is 11.6 Å². The van der Waals surface area contributed by atoms with Crippen molar-refractivity contribution in [3.63, 3.8) is 0 Å². The largest absolute Gasteiger partial charge is 0.496 e. The van der Waals surface area contributed by atoms with Gasteiger partial charge in [-0.05, 0) is 24.3 Å². The van der Waals surface area contributed by atoms with Gasteiger partial charge in [0.1, 0.15) is 5.75 Å². The van der Waals surface area contributed by atoms with Crippen LogP contribution in [0.4, 0.5) is 5.69 Å². The molecule has 0 spiro atoms. The number of nitro groups is 1. The summed E-state index contributed by atoms with van der Waals surface area (Å²) >= 11 is 0. The van der Waals surface area contributed by atoms with E-state index in [2.05, 4.69) is 15.3 Å². The Morgan fingerprint density at radius 2 is 1.70 bits per heavy atom. The Hall–Kier alpha value is -4.01. The van der Waals surface area contributed by atoms with Gasteiger partial charge in [0, 0.05) is 12.1 Å². The van der Waals surface area contributed by atoms with Gasteiger partial charge in [0.05, 0.1) is 17.6 Å². The third-order valence-corrected chi connectivity index (χ3v) is 3.86. The van der Waals surface area contributed by atoms with E-state index in [0.29, 0.717) is 22.8 Å². The van der Waals surface area contributed by atoms with Crippen molar-refractivity contribution in [2.45, 2.75) is 0 Å². The molecule has 2 aromatic heterocycles. The summed E-state index contributed by atoms with van der Waals surface area (Å²) in [6.07, 6.45) is 0. The average molecular weight is 363 g/mol. The molecule has 0 radical (unpaired) electrons. The number of fused-ring (bicyclic) bond motifs is 1. The zero-order valence-corrected chi connectivity index (χ0v) is 14.1. The Morgan fingerprint density at radius 3 is 2.48 bits per heavy atom. The van der Waals surface area contributed by atoms with Crippen LogP contribution in [0.2, 0.25) is 0 Å². The molecule has 0 aliphatic rings. The van der Waals surface area contributed by atoms with Gasteiger partial charge in [-0.1, -0.05) is 24.3 Å². The number of methoxy groups -OCH3 is 1. The molecule has 27 heavy (non-hydrogen) atoms. The number of para-hydroxylation sites is 3. The van der Waals surface area contributed by atoms with Crippen molar-refractivity contribution < 1.29 is 14.4 Å². The van der Waals surface area contributed by atoms with E-state index in [1.54, 1.807) is 31.4 Å². The fraction of sp³-hybridized carbons (Fsp3) is 0.0556. The summed E-state index contributed by atoms with van der Waals surface area (Å²) in [4.78, 5) is 10.7. The summed E-state index contributed by atoms with van der Waals surface area (Å²) in [6.45, 7) is 0. The number of rotatable bonds is 5. The topological polar surface area (TPSA) is 105 Å². The van der Waals surface area contributed by atoms with Crippen LogP contribution in [0.25, 0.3) is 17.0 Å². The minimum absolute atomic E-state index is 0.0984. The highest BCUT2D eigenvalue weighted by Gasteiger charge is 2.17. The molecule has 9 heteroatoms. The second-order valence-electron chi connectivity index (χ2n) is 5.49. The van der Waals surface area contributed by atoms with Gasteiger partial charge in [-0.3, -0.25) is 10.1 Å². The van der Waals surface area contributed by atoms with E-state index in [0.717, 1.165) is 0 Å². The standard InChI is InChI=1S/C18H13N5O4/c1-26-14-8-4-2-6-12(14)18-20-19-16-10-11-17(21-22(16)18)27-15-9-5-3-7-13(15)23(24)25/h2-11H,1H3. The lowest BCUT2D eigenvalue weighted by Crippen LogP contribution is -2.00. The molecule has 4 rings (SSSR count). The van der Waals surface area contributed by atoms with Crippen molar-refractivity contribution in [3.05, 3.63) is 70.8 Å². The molecule has 4 aromatic rings. The van der Waals surface area contributed by atoms with Gasteiger partial charge < -0.3 is 9.47 Å². The molecule has 0 atom stereocenters. The lowest BCUT2D eigenvalue weighted by atomic mass is 10.2. The second kappa shape index (κ2) is 6.71. The minimum atomic E-state index is -0.507. The molecule has 2 heterocycles. The smallest absolute Gasteiger partial charge is 0.311 e. The first kappa shape index (κ1) is 16.5. The van der Waals surface area contributed by atoms with Gasteiger partial charge in [0.25, 0.3) is 0 Å². The summed E-state index contributed by atoms with van der Waals surface area (Å²) < 4.78 is 12.5. The second-order valence-corrected chi connectivity index (χ2v) is 5.49. The molecule has 134 valence electrons. The Balaban J connectivity index is 1.78. The molecular weight excluding hydrogens is 350 g/mol. The molecule has 0 N–H and O–H groups in total. The molecule has 0 saturated carbocycles. The van der Waals surface area contributed by atoms with Crippen LogP contribution in [-0.2, 0) is 0 Å². The van der Waals surface area contributed by atoms with Crippen molar-refractivity contribution in [2.75, 3.05) is 7.11 Å². The molecule has 0 saturated heterocycles. The molecule has 0 fully saturated rings. The predicted octanol–water partition coefficient (Wildman–Crippen LogP) is 3.50. The molecule has 0 amide bonds. The lowest BCUT2D eigenvalue weighted by Gasteiger charge is -2.08. The van der Waals surface area contributed by atoms with E-state index in [-0.39, 0.29) is 17.3 Å². The number of benzene rings is 2. The van der Waals surface area contributed by atoms with Crippen LogP contribution in [0.1, 0.15) is 0 Å². The third kappa shape index (κ3) is 3.01. The SMILES string of the molecule is COc1ccccc1-c1nnc2ccc(Oc3ccccc3[N+](=O)[O-])nn12. The van der Waals surface area contributed by atoms with E-state index in [4.69, 9.17) is 9.47 Å². The Labute approximate surface area is 153 Å². The summed E-state index contributed by atoms with van der Waals surface area (Å²) in [6, 6.07) is 16.7. The van der Waals surface area contributed by atoms with Crippen molar-refractivity contribution >= 4 is 11.3 Å². The van der Waals surface area contributed by atoms with E-state index in [9.17, 15) is 10.1 Å². The maximum absolute atomic E-state index is 11.2. The summed E-state index contributed by atoms with van der Waals surface area (Å²) in [5.74, 6) is 1.36. The van der Waals surface area contributed by atoms with Gasteiger partial charge in [0.15, 0.2) is 11.5 Å². The van der Waals surface area contributed by atoms with Crippen molar-refractivity contribution in [1.82, 2.24) is 19.8 Å². The van der Waals surface area contributed by atoms with Crippen LogP contribution in [0.5, 0.6) is 17.4 Å². The quantitative estimate of drug-likeness (QED) is 0.395. The van der Waals surface area contributed by atoms with Gasteiger partial charge in [-0.15, -0.1) is 15.3 Å². The monoisotopic (exact) mass is 363 g/mol. The zero-order valence-electron chi connectivity index (χ0n) is 14.1. The fourth-order valence-electron chi connectivity index (χ4n) is 2.63. The van der Waals surface area contributed by atoms with Crippen LogP contribution in [0.15, 0.2) is 60.7 Å². The van der Waals surface area contributed by atoms with E-state index < -0.39 is 4.92 Å². The van der Waals surface area contributed by atoms with E-state index >= 15 is 0 Å². The van der Waals surface area contributed by atoms with E-state index in [1.165, 1.54) is 16.6 Å². The van der Waals surface area contributed by atoms with Crippen molar-refractivity contribution in [2.24, 2.45) is 0 Å². The number of nitro benzene ring substituents is 1. The van der Waals surface area contributed by atoms with Crippen LogP contribution in [-0.4, -0.2) is 31.8 Å². The minimum Gasteiger partial charge on any atom is -0.496 e. The maximum Gasteiger partial charge on any atom is 0.311 e. The average Bonchev–Trinajstić information content (AvgIpc) is 3.11. The normalized spacial score (nSPS) is 10.7. The first-order valence-electron chi connectivity index (χ1n) is 7.94. The summed E-state index contributed by atoms with van der Waals surface area (Å²) in [5.41, 5.74) is 1.07. The Kier molecular flexibility index (Phi) is 4.09. The molecule has 9 nitrogen and oxygen atoms in total. The summed E-state index contributed by atoms with van der Waals surface area (Å²) in [7, 11) is 1.57. The van der Waals surface area contributed by atoms with Gasteiger partial charge in [-0.2, -0.15) is 4.52 Å². The highest BCUT2D eigenvalue weighted by Crippen LogP contribution is 2.31. The maximum atomic E-state index is 11.2.